The summed E-state index contributed by atoms with van der Waals surface area (Å²) in [5.41, 5.74) is 1.65. The maximum Gasteiger partial charge on any atom is 0.335 e. The van der Waals surface area contributed by atoms with Gasteiger partial charge < -0.3 is 10.2 Å². The van der Waals surface area contributed by atoms with E-state index in [0.717, 1.165) is 23.7 Å². The maximum absolute atomic E-state index is 12.2. The molecule has 1 N–H and O–H groups in total. The van der Waals surface area contributed by atoms with E-state index in [1.807, 2.05) is 12.1 Å². The third-order valence-corrected chi connectivity index (χ3v) is 4.37. The SMILES string of the molecule is C=CCN1C(=O)C(=O)N(CC(=O)Nc2ccc(N3CCCC3)cc2)C1=O. The van der Waals surface area contributed by atoms with E-state index in [-0.39, 0.29) is 6.54 Å². The summed E-state index contributed by atoms with van der Waals surface area (Å²) >= 11 is 0. The van der Waals surface area contributed by atoms with Crippen LogP contribution in [0.15, 0.2) is 36.9 Å². The predicted octanol–water partition coefficient (Wildman–Crippen LogP) is 1.20. The van der Waals surface area contributed by atoms with Crippen molar-refractivity contribution < 1.29 is 19.2 Å². The van der Waals surface area contributed by atoms with Crippen molar-refractivity contribution in [3.63, 3.8) is 0 Å². The highest BCUT2D eigenvalue weighted by Crippen LogP contribution is 2.22. The van der Waals surface area contributed by atoms with Crippen molar-refractivity contribution in [1.82, 2.24) is 9.80 Å². The van der Waals surface area contributed by atoms with Crippen molar-refractivity contribution in [2.45, 2.75) is 12.8 Å². The monoisotopic (exact) mass is 356 g/mol. The van der Waals surface area contributed by atoms with Crippen LogP contribution >= 0.6 is 0 Å². The molecule has 8 nitrogen and oxygen atoms in total. The second kappa shape index (κ2) is 7.38. The molecule has 0 atom stereocenters. The number of rotatable bonds is 6. The van der Waals surface area contributed by atoms with Gasteiger partial charge in [-0.25, -0.2) is 9.69 Å². The Kier molecular flexibility index (Phi) is 5.01. The molecule has 0 aliphatic carbocycles. The topological polar surface area (TPSA) is 90.0 Å². The lowest BCUT2D eigenvalue weighted by atomic mass is 10.2. The smallest absolute Gasteiger partial charge is 0.335 e. The first kappa shape index (κ1) is 17.7. The molecule has 5 amide bonds. The van der Waals surface area contributed by atoms with Crippen LogP contribution in [0.4, 0.5) is 16.2 Å². The van der Waals surface area contributed by atoms with Crippen LogP contribution in [0.1, 0.15) is 12.8 Å². The van der Waals surface area contributed by atoms with Crippen LogP contribution in [-0.4, -0.2) is 59.7 Å². The van der Waals surface area contributed by atoms with Crippen LogP contribution in [0, 0.1) is 0 Å². The number of anilines is 2. The fourth-order valence-corrected chi connectivity index (χ4v) is 3.05. The van der Waals surface area contributed by atoms with E-state index < -0.39 is 30.3 Å². The van der Waals surface area contributed by atoms with Crippen molar-refractivity contribution in [3.05, 3.63) is 36.9 Å². The molecule has 8 heteroatoms. The van der Waals surface area contributed by atoms with Crippen LogP contribution in [-0.2, 0) is 14.4 Å². The van der Waals surface area contributed by atoms with Crippen LogP contribution in [0.2, 0.25) is 0 Å². The van der Waals surface area contributed by atoms with E-state index in [4.69, 9.17) is 0 Å². The van der Waals surface area contributed by atoms with Crippen molar-refractivity contribution in [1.29, 1.82) is 0 Å². The standard InChI is InChI=1S/C18H20N4O4/c1-2-9-21-16(24)17(25)22(18(21)26)12-15(23)19-13-5-7-14(8-6-13)20-10-3-4-11-20/h2,5-8H,1,3-4,9-12H2,(H,19,23). The molecule has 136 valence electrons. The molecule has 0 unspecified atom stereocenters. The third-order valence-electron chi connectivity index (χ3n) is 4.37. The number of carbonyl (C=O) groups excluding carboxylic acids is 4. The molecule has 2 fully saturated rings. The van der Waals surface area contributed by atoms with Gasteiger partial charge in [0.1, 0.15) is 6.54 Å². The lowest BCUT2D eigenvalue weighted by molar-refractivity contribution is -0.143. The zero-order valence-electron chi connectivity index (χ0n) is 14.3. The van der Waals surface area contributed by atoms with Crippen LogP contribution in [0.25, 0.3) is 0 Å². The number of benzene rings is 1. The molecule has 0 saturated carbocycles. The second-order valence-electron chi connectivity index (χ2n) is 6.17. The van der Waals surface area contributed by atoms with Gasteiger partial charge in [0.2, 0.25) is 5.91 Å². The van der Waals surface area contributed by atoms with Crippen LogP contribution in [0.3, 0.4) is 0 Å². The Balaban J connectivity index is 1.60. The maximum atomic E-state index is 12.2. The zero-order chi connectivity index (χ0) is 18.7. The minimum Gasteiger partial charge on any atom is -0.372 e. The molecule has 1 aromatic carbocycles. The van der Waals surface area contributed by atoms with Gasteiger partial charge in [-0.15, -0.1) is 6.58 Å². The Bertz CT molecular complexity index is 753. The number of nitrogens with zero attached hydrogens (tertiary/aromatic N) is 3. The number of urea groups is 1. The molecule has 26 heavy (non-hydrogen) atoms. The second-order valence-corrected chi connectivity index (χ2v) is 6.17. The molecule has 2 saturated heterocycles. The minimum absolute atomic E-state index is 0.0700. The average Bonchev–Trinajstić information content (AvgIpc) is 3.23. The molecule has 2 aliphatic heterocycles. The van der Waals surface area contributed by atoms with Gasteiger partial charge >= 0.3 is 17.8 Å². The number of imide groups is 2. The Morgan fingerprint density at radius 3 is 2.27 bits per heavy atom. The molecule has 0 aromatic heterocycles. The van der Waals surface area contributed by atoms with Gasteiger partial charge in [-0.05, 0) is 37.1 Å². The fourth-order valence-electron chi connectivity index (χ4n) is 3.05. The zero-order valence-corrected chi connectivity index (χ0v) is 14.3. The van der Waals surface area contributed by atoms with E-state index in [0.29, 0.717) is 10.6 Å². The van der Waals surface area contributed by atoms with Crippen LogP contribution < -0.4 is 10.2 Å². The van der Waals surface area contributed by atoms with Crippen molar-refractivity contribution >= 4 is 35.1 Å². The number of amides is 5. The molecule has 2 aliphatic rings. The Labute approximate surface area is 151 Å². The summed E-state index contributed by atoms with van der Waals surface area (Å²) in [4.78, 5) is 51.5. The fraction of sp³-hybridized carbons (Fsp3) is 0.333. The lowest BCUT2D eigenvalue weighted by Crippen LogP contribution is -2.39. The first-order valence-electron chi connectivity index (χ1n) is 8.44. The normalized spacial score (nSPS) is 17.2. The summed E-state index contributed by atoms with van der Waals surface area (Å²) in [5.74, 6) is -2.50. The summed E-state index contributed by atoms with van der Waals surface area (Å²) in [6.45, 7) is 4.91. The molecule has 2 heterocycles. The average molecular weight is 356 g/mol. The number of nitrogens with one attached hydrogen (secondary N) is 1. The highest BCUT2D eigenvalue weighted by molar-refractivity contribution is 6.45. The van der Waals surface area contributed by atoms with E-state index in [1.54, 1.807) is 12.1 Å². The number of hydrogen-bond donors (Lipinski definition) is 1. The third kappa shape index (κ3) is 3.44. The largest absolute Gasteiger partial charge is 0.372 e. The Morgan fingerprint density at radius 2 is 1.65 bits per heavy atom. The highest BCUT2D eigenvalue weighted by Gasteiger charge is 2.44. The van der Waals surface area contributed by atoms with Crippen molar-refractivity contribution in [2.75, 3.05) is 36.4 Å². The van der Waals surface area contributed by atoms with E-state index >= 15 is 0 Å². The lowest BCUT2D eigenvalue weighted by Gasteiger charge is -2.18. The molecule has 3 rings (SSSR count). The Morgan fingerprint density at radius 1 is 1.04 bits per heavy atom. The van der Waals surface area contributed by atoms with E-state index in [9.17, 15) is 19.2 Å². The van der Waals surface area contributed by atoms with E-state index in [2.05, 4.69) is 16.8 Å². The summed E-state index contributed by atoms with van der Waals surface area (Å²) in [5, 5.41) is 2.64. The van der Waals surface area contributed by atoms with Gasteiger partial charge in [-0.3, -0.25) is 19.3 Å². The number of hydrogen-bond acceptors (Lipinski definition) is 5. The Hall–Kier alpha value is -3.16. The quantitative estimate of drug-likeness (QED) is 0.470. The molecule has 1 aromatic rings. The molecule has 0 radical (unpaired) electrons. The molecular formula is C18H20N4O4. The van der Waals surface area contributed by atoms with Crippen LogP contribution in [0.5, 0.6) is 0 Å². The highest BCUT2D eigenvalue weighted by atomic mass is 16.2. The van der Waals surface area contributed by atoms with Gasteiger partial charge in [0.05, 0.1) is 0 Å². The first-order valence-corrected chi connectivity index (χ1v) is 8.44. The summed E-state index contributed by atoms with van der Waals surface area (Å²) in [6, 6.07) is 6.58. The van der Waals surface area contributed by atoms with Crippen molar-refractivity contribution in [2.24, 2.45) is 0 Å². The van der Waals surface area contributed by atoms with Gasteiger partial charge in [-0.1, -0.05) is 6.08 Å². The van der Waals surface area contributed by atoms with Crippen molar-refractivity contribution in [3.8, 4) is 0 Å². The molecule has 0 bridgehead atoms. The van der Waals surface area contributed by atoms with Gasteiger partial charge in [0, 0.05) is 31.0 Å². The summed E-state index contributed by atoms with van der Waals surface area (Å²) in [6.07, 6.45) is 3.70. The predicted molar refractivity (Wildman–Crippen MR) is 95.5 cm³/mol. The van der Waals surface area contributed by atoms with Gasteiger partial charge in [-0.2, -0.15) is 0 Å². The minimum atomic E-state index is -1.00. The molecule has 0 spiro atoms. The van der Waals surface area contributed by atoms with Gasteiger partial charge in [0.15, 0.2) is 0 Å². The van der Waals surface area contributed by atoms with E-state index in [1.165, 1.54) is 18.9 Å². The molecular weight excluding hydrogens is 336 g/mol. The first-order chi connectivity index (χ1) is 12.5. The summed E-state index contributed by atoms with van der Waals surface area (Å²) in [7, 11) is 0. The van der Waals surface area contributed by atoms with Gasteiger partial charge in [0.25, 0.3) is 0 Å². The summed E-state index contributed by atoms with van der Waals surface area (Å²) < 4.78 is 0. The number of carbonyl (C=O) groups is 4.